The number of para-hydroxylation sites is 1. The molecule has 25 heavy (non-hydrogen) atoms. The Morgan fingerprint density at radius 1 is 0.800 bits per heavy atom. The standard InChI is InChI=1S/C21H16F3N/c1-12-7-8-13(2)21-18(12)15-5-3-4-6-17(15)25(21)11-14-9-10-16(22)20(24)19(14)23/h3-10H,11H2,1-2H3. The van der Waals surface area contributed by atoms with Crippen LogP contribution in [0.25, 0.3) is 21.8 Å². The summed E-state index contributed by atoms with van der Waals surface area (Å²) in [5.74, 6) is -3.72. The average Bonchev–Trinajstić information content (AvgIpc) is 2.94. The predicted molar refractivity (Wildman–Crippen MR) is 94.3 cm³/mol. The molecule has 4 rings (SSSR count). The fraction of sp³-hybridized carbons (Fsp3) is 0.143. The molecule has 0 unspecified atom stereocenters. The summed E-state index contributed by atoms with van der Waals surface area (Å²) in [6.07, 6.45) is 0. The van der Waals surface area contributed by atoms with Gasteiger partial charge in [0.25, 0.3) is 0 Å². The number of hydrogen-bond acceptors (Lipinski definition) is 0. The minimum atomic E-state index is -1.42. The topological polar surface area (TPSA) is 4.93 Å². The van der Waals surface area contributed by atoms with E-state index in [1.807, 2.05) is 48.7 Å². The van der Waals surface area contributed by atoms with Crippen LogP contribution < -0.4 is 0 Å². The molecule has 3 aromatic carbocycles. The van der Waals surface area contributed by atoms with Crippen LogP contribution in [0, 0.1) is 31.3 Å². The van der Waals surface area contributed by atoms with Crippen molar-refractivity contribution >= 4 is 21.8 Å². The van der Waals surface area contributed by atoms with Crippen LogP contribution in [0.1, 0.15) is 16.7 Å². The molecule has 0 bridgehead atoms. The normalized spacial score (nSPS) is 11.6. The van der Waals surface area contributed by atoms with E-state index in [-0.39, 0.29) is 12.1 Å². The lowest BCUT2D eigenvalue weighted by atomic mass is 10.0. The van der Waals surface area contributed by atoms with Crippen molar-refractivity contribution in [1.29, 1.82) is 0 Å². The molecule has 0 N–H and O–H groups in total. The number of hydrogen-bond donors (Lipinski definition) is 0. The van der Waals surface area contributed by atoms with Gasteiger partial charge in [0.2, 0.25) is 0 Å². The van der Waals surface area contributed by atoms with Gasteiger partial charge in [0.15, 0.2) is 17.5 Å². The van der Waals surface area contributed by atoms with Gasteiger partial charge >= 0.3 is 0 Å². The van der Waals surface area contributed by atoms with E-state index in [2.05, 4.69) is 6.07 Å². The monoisotopic (exact) mass is 339 g/mol. The summed E-state index contributed by atoms with van der Waals surface area (Å²) in [5.41, 5.74) is 4.24. The van der Waals surface area contributed by atoms with Crippen LogP contribution in [-0.4, -0.2) is 4.57 Å². The molecule has 1 heterocycles. The van der Waals surface area contributed by atoms with Crippen molar-refractivity contribution in [2.75, 3.05) is 0 Å². The van der Waals surface area contributed by atoms with Crippen LogP contribution >= 0.6 is 0 Å². The Bertz CT molecular complexity index is 1130. The first-order chi connectivity index (χ1) is 12.0. The van der Waals surface area contributed by atoms with E-state index in [0.717, 1.165) is 39.0 Å². The van der Waals surface area contributed by atoms with Gasteiger partial charge in [0, 0.05) is 21.9 Å². The first-order valence-electron chi connectivity index (χ1n) is 8.08. The number of halogens is 3. The summed E-state index contributed by atoms with van der Waals surface area (Å²) in [7, 11) is 0. The fourth-order valence-electron chi connectivity index (χ4n) is 3.55. The highest BCUT2D eigenvalue weighted by atomic mass is 19.2. The van der Waals surface area contributed by atoms with Crippen molar-refractivity contribution in [2.24, 2.45) is 0 Å². The van der Waals surface area contributed by atoms with Crippen LogP contribution in [-0.2, 0) is 6.54 Å². The smallest absolute Gasteiger partial charge is 0.194 e. The lowest BCUT2D eigenvalue weighted by Gasteiger charge is -2.11. The summed E-state index contributed by atoms with van der Waals surface area (Å²) in [5, 5.41) is 2.18. The molecular formula is C21H16F3N. The molecule has 126 valence electrons. The van der Waals surface area contributed by atoms with E-state index in [1.54, 1.807) is 0 Å². The van der Waals surface area contributed by atoms with Gasteiger partial charge in [-0.15, -0.1) is 0 Å². The highest BCUT2D eigenvalue weighted by Gasteiger charge is 2.18. The van der Waals surface area contributed by atoms with Crippen LogP contribution in [0.3, 0.4) is 0 Å². The Morgan fingerprint density at radius 3 is 2.32 bits per heavy atom. The quantitative estimate of drug-likeness (QED) is 0.402. The van der Waals surface area contributed by atoms with Crippen LogP contribution in [0.2, 0.25) is 0 Å². The van der Waals surface area contributed by atoms with Crippen molar-refractivity contribution in [3.63, 3.8) is 0 Å². The molecule has 1 nitrogen and oxygen atoms in total. The molecule has 0 aliphatic rings. The maximum Gasteiger partial charge on any atom is 0.194 e. The highest BCUT2D eigenvalue weighted by Crippen LogP contribution is 2.34. The molecule has 0 saturated carbocycles. The zero-order chi connectivity index (χ0) is 17.7. The lowest BCUT2D eigenvalue weighted by Crippen LogP contribution is -2.05. The van der Waals surface area contributed by atoms with Gasteiger partial charge in [-0.2, -0.15) is 0 Å². The third kappa shape index (κ3) is 2.32. The number of aryl methyl sites for hydroxylation is 2. The van der Waals surface area contributed by atoms with E-state index < -0.39 is 17.5 Å². The zero-order valence-corrected chi connectivity index (χ0v) is 13.9. The maximum atomic E-state index is 14.2. The van der Waals surface area contributed by atoms with Crippen LogP contribution in [0.4, 0.5) is 13.2 Å². The van der Waals surface area contributed by atoms with Crippen LogP contribution in [0.15, 0.2) is 48.5 Å². The van der Waals surface area contributed by atoms with Gasteiger partial charge in [-0.25, -0.2) is 13.2 Å². The number of rotatable bonds is 2. The van der Waals surface area contributed by atoms with Gasteiger partial charge < -0.3 is 4.57 Å². The number of aromatic nitrogens is 1. The first kappa shape index (κ1) is 15.8. The third-order valence-corrected chi connectivity index (χ3v) is 4.77. The predicted octanol–water partition coefficient (Wildman–Crippen LogP) is 5.88. The second-order valence-electron chi connectivity index (χ2n) is 6.36. The Labute approximate surface area is 143 Å². The minimum absolute atomic E-state index is 0.127. The second-order valence-corrected chi connectivity index (χ2v) is 6.36. The maximum absolute atomic E-state index is 14.2. The highest BCUT2D eigenvalue weighted by molar-refractivity contribution is 6.10. The molecule has 0 fully saturated rings. The third-order valence-electron chi connectivity index (χ3n) is 4.77. The van der Waals surface area contributed by atoms with E-state index in [9.17, 15) is 13.2 Å². The van der Waals surface area contributed by atoms with Crippen molar-refractivity contribution in [3.8, 4) is 0 Å². The molecule has 0 spiro atoms. The molecule has 0 radical (unpaired) electrons. The van der Waals surface area contributed by atoms with Gasteiger partial charge in [-0.1, -0.05) is 36.4 Å². The van der Waals surface area contributed by atoms with Gasteiger partial charge in [0.05, 0.1) is 12.1 Å². The molecule has 4 aromatic rings. The molecule has 1 aromatic heterocycles. The van der Waals surface area contributed by atoms with E-state index in [4.69, 9.17) is 0 Å². The zero-order valence-electron chi connectivity index (χ0n) is 13.9. The molecule has 0 amide bonds. The van der Waals surface area contributed by atoms with E-state index >= 15 is 0 Å². The molecule has 0 atom stereocenters. The van der Waals surface area contributed by atoms with Gasteiger partial charge in [-0.3, -0.25) is 0 Å². The summed E-state index contributed by atoms with van der Waals surface area (Å²) >= 11 is 0. The molecular weight excluding hydrogens is 323 g/mol. The van der Waals surface area contributed by atoms with E-state index in [1.165, 1.54) is 6.07 Å². The summed E-state index contributed by atoms with van der Waals surface area (Å²) in [6.45, 7) is 4.17. The summed E-state index contributed by atoms with van der Waals surface area (Å²) in [4.78, 5) is 0. The lowest BCUT2D eigenvalue weighted by molar-refractivity contribution is 0.440. The fourth-order valence-corrected chi connectivity index (χ4v) is 3.55. The molecule has 0 saturated heterocycles. The van der Waals surface area contributed by atoms with Crippen LogP contribution in [0.5, 0.6) is 0 Å². The summed E-state index contributed by atoms with van der Waals surface area (Å²) in [6, 6.07) is 14.2. The number of benzene rings is 3. The first-order valence-corrected chi connectivity index (χ1v) is 8.08. The molecule has 0 aliphatic carbocycles. The number of nitrogens with zero attached hydrogens (tertiary/aromatic N) is 1. The Balaban J connectivity index is 2.04. The number of fused-ring (bicyclic) bond motifs is 3. The largest absolute Gasteiger partial charge is 0.336 e. The van der Waals surface area contributed by atoms with Crippen molar-refractivity contribution in [3.05, 3.63) is 82.7 Å². The second kappa shape index (κ2) is 5.66. The summed E-state index contributed by atoms with van der Waals surface area (Å²) < 4.78 is 43.1. The van der Waals surface area contributed by atoms with Crippen molar-refractivity contribution in [2.45, 2.75) is 20.4 Å². The Hall–Kier alpha value is -2.75. The van der Waals surface area contributed by atoms with E-state index in [0.29, 0.717) is 0 Å². The molecule has 0 aliphatic heterocycles. The molecule has 4 heteroatoms. The Kier molecular flexibility index (Phi) is 3.57. The van der Waals surface area contributed by atoms with Crippen molar-refractivity contribution in [1.82, 2.24) is 4.57 Å². The van der Waals surface area contributed by atoms with Gasteiger partial charge in [0.1, 0.15) is 0 Å². The van der Waals surface area contributed by atoms with Gasteiger partial charge in [-0.05, 0) is 37.1 Å². The van der Waals surface area contributed by atoms with Crippen molar-refractivity contribution < 1.29 is 13.2 Å². The Morgan fingerprint density at radius 2 is 1.52 bits per heavy atom. The SMILES string of the molecule is Cc1ccc(C)c2c1c1ccccc1n2Cc1ccc(F)c(F)c1F. The minimum Gasteiger partial charge on any atom is -0.336 e. The average molecular weight is 339 g/mol.